The second-order valence-electron chi connectivity index (χ2n) is 5.66. The Morgan fingerprint density at radius 2 is 2.13 bits per heavy atom. The van der Waals surface area contributed by atoms with Gasteiger partial charge in [-0.05, 0) is 37.5 Å². The van der Waals surface area contributed by atoms with Gasteiger partial charge in [0.15, 0.2) is 5.96 Å². The van der Waals surface area contributed by atoms with E-state index in [9.17, 15) is 4.39 Å². The first-order valence-electron chi connectivity index (χ1n) is 8.18. The predicted octanol–water partition coefficient (Wildman–Crippen LogP) is 2.96. The van der Waals surface area contributed by atoms with Crippen LogP contribution in [-0.4, -0.2) is 44.2 Å². The van der Waals surface area contributed by atoms with Crippen LogP contribution in [0.1, 0.15) is 25.3 Å². The third kappa shape index (κ3) is 6.02. The first-order chi connectivity index (χ1) is 11.2. The second kappa shape index (κ2) is 9.30. The lowest BCUT2D eigenvalue weighted by Crippen LogP contribution is -2.38. The molecule has 23 heavy (non-hydrogen) atoms. The molecular weight excluding hydrogens is 293 g/mol. The van der Waals surface area contributed by atoms with Crippen molar-refractivity contribution in [3.8, 4) is 0 Å². The van der Waals surface area contributed by atoms with Gasteiger partial charge in [-0.2, -0.15) is 0 Å². The zero-order chi connectivity index (χ0) is 16.5. The van der Waals surface area contributed by atoms with Crippen molar-refractivity contribution in [3.63, 3.8) is 0 Å². The molecule has 1 heterocycles. The van der Waals surface area contributed by atoms with Gasteiger partial charge >= 0.3 is 0 Å². The molecule has 4 nitrogen and oxygen atoms in total. The van der Waals surface area contributed by atoms with Crippen molar-refractivity contribution in [2.24, 2.45) is 4.99 Å². The summed E-state index contributed by atoms with van der Waals surface area (Å²) < 4.78 is 18.3. The van der Waals surface area contributed by atoms with Crippen LogP contribution in [0.15, 0.2) is 40.9 Å². The number of halogens is 1. The van der Waals surface area contributed by atoms with Crippen molar-refractivity contribution < 1.29 is 9.13 Å². The summed E-state index contributed by atoms with van der Waals surface area (Å²) in [6.07, 6.45) is 4.15. The first kappa shape index (κ1) is 17.5. The summed E-state index contributed by atoms with van der Waals surface area (Å²) in [5, 5.41) is 3.31. The number of guanidine groups is 1. The summed E-state index contributed by atoms with van der Waals surface area (Å²) in [5.41, 5.74) is 2.49. The van der Waals surface area contributed by atoms with E-state index in [1.165, 1.54) is 17.7 Å². The lowest BCUT2D eigenvalue weighted by atomic mass is 10.1. The van der Waals surface area contributed by atoms with Gasteiger partial charge in [-0.15, -0.1) is 0 Å². The van der Waals surface area contributed by atoms with Crippen LogP contribution in [0, 0.1) is 5.82 Å². The van der Waals surface area contributed by atoms with Gasteiger partial charge in [-0.25, -0.2) is 4.39 Å². The summed E-state index contributed by atoms with van der Waals surface area (Å²) in [6, 6.07) is 6.60. The highest BCUT2D eigenvalue weighted by atomic mass is 19.1. The molecule has 1 aliphatic rings. The molecule has 0 aliphatic carbocycles. The molecule has 0 fully saturated rings. The zero-order valence-electron chi connectivity index (χ0n) is 14.0. The third-order valence-electron chi connectivity index (χ3n) is 3.78. The Labute approximate surface area is 138 Å². The Hall–Kier alpha value is -1.88. The molecule has 0 atom stereocenters. The van der Waals surface area contributed by atoms with E-state index in [0.29, 0.717) is 6.54 Å². The fraction of sp³-hybridized carbons (Fsp3) is 0.500. The van der Waals surface area contributed by atoms with Crippen LogP contribution in [-0.2, 0) is 11.3 Å². The quantitative estimate of drug-likeness (QED) is 0.497. The molecule has 0 saturated carbocycles. The van der Waals surface area contributed by atoms with Gasteiger partial charge in [0, 0.05) is 26.7 Å². The summed E-state index contributed by atoms with van der Waals surface area (Å²) in [5.74, 6) is 0.672. The molecule has 0 radical (unpaired) electrons. The molecule has 0 bridgehead atoms. The van der Waals surface area contributed by atoms with Crippen molar-refractivity contribution in [3.05, 3.63) is 47.3 Å². The smallest absolute Gasteiger partial charge is 0.193 e. The molecule has 0 aromatic heterocycles. The number of aliphatic imine (C=N–C) groups is 1. The summed E-state index contributed by atoms with van der Waals surface area (Å²) in [4.78, 5) is 6.76. The topological polar surface area (TPSA) is 36.9 Å². The minimum absolute atomic E-state index is 0.207. The van der Waals surface area contributed by atoms with E-state index >= 15 is 0 Å². The highest BCUT2D eigenvalue weighted by Crippen LogP contribution is 2.12. The molecule has 1 aromatic carbocycles. The largest absolute Gasteiger partial charge is 0.377 e. The summed E-state index contributed by atoms with van der Waals surface area (Å²) >= 11 is 0. The monoisotopic (exact) mass is 319 g/mol. The van der Waals surface area contributed by atoms with E-state index in [4.69, 9.17) is 9.73 Å². The van der Waals surface area contributed by atoms with Crippen molar-refractivity contribution in [2.75, 3.05) is 33.4 Å². The van der Waals surface area contributed by atoms with Crippen LogP contribution in [0.2, 0.25) is 0 Å². The molecule has 2 rings (SSSR count). The molecule has 5 heteroatoms. The highest BCUT2D eigenvalue weighted by Gasteiger charge is 2.07. The van der Waals surface area contributed by atoms with Gasteiger partial charge in [-0.1, -0.05) is 23.8 Å². The average Bonchev–Trinajstić information content (AvgIpc) is 2.57. The van der Waals surface area contributed by atoms with E-state index in [-0.39, 0.29) is 5.82 Å². The van der Waals surface area contributed by atoms with Crippen molar-refractivity contribution >= 4 is 5.96 Å². The molecule has 0 unspecified atom stereocenters. The van der Waals surface area contributed by atoms with Gasteiger partial charge in [0.1, 0.15) is 5.82 Å². The molecule has 0 saturated heterocycles. The SMILES string of the molecule is CCNC(=NCCC1=CCOCC1)N(C)Cc1ccc(F)cc1. The van der Waals surface area contributed by atoms with E-state index in [1.807, 2.05) is 19.2 Å². The zero-order valence-corrected chi connectivity index (χ0v) is 14.0. The molecule has 1 aliphatic heterocycles. The molecule has 1 N–H and O–H groups in total. The van der Waals surface area contributed by atoms with Crippen molar-refractivity contribution in [1.82, 2.24) is 10.2 Å². The number of ether oxygens (including phenoxy) is 1. The van der Waals surface area contributed by atoms with E-state index < -0.39 is 0 Å². The Kier molecular flexibility index (Phi) is 7.07. The molecule has 1 aromatic rings. The van der Waals surface area contributed by atoms with Crippen LogP contribution in [0.3, 0.4) is 0 Å². The Morgan fingerprint density at radius 1 is 1.35 bits per heavy atom. The fourth-order valence-corrected chi connectivity index (χ4v) is 2.51. The van der Waals surface area contributed by atoms with Gasteiger partial charge in [0.2, 0.25) is 0 Å². The van der Waals surface area contributed by atoms with Crippen LogP contribution >= 0.6 is 0 Å². The minimum Gasteiger partial charge on any atom is -0.377 e. The lowest BCUT2D eigenvalue weighted by molar-refractivity contribution is 0.153. The molecule has 0 amide bonds. The lowest BCUT2D eigenvalue weighted by Gasteiger charge is -2.22. The van der Waals surface area contributed by atoms with E-state index in [2.05, 4.69) is 23.2 Å². The molecule has 126 valence electrons. The van der Waals surface area contributed by atoms with Gasteiger partial charge < -0.3 is 15.0 Å². The molecular formula is C18H26FN3O. The Balaban J connectivity index is 1.91. The van der Waals surface area contributed by atoms with Crippen LogP contribution in [0.4, 0.5) is 4.39 Å². The van der Waals surface area contributed by atoms with Gasteiger partial charge in [0.25, 0.3) is 0 Å². The maximum atomic E-state index is 13.0. The number of nitrogens with zero attached hydrogens (tertiary/aromatic N) is 2. The van der Waals surface area contributed by atoms with Gasteiger partial charge in [0.05, 0.1) is 13.2 Å². The number of hydrogen-bond acceptors (Lipinski definition) is 2. The summed E-state index contributed by atoms with van der Waals surface area (Å²) in [6.45, 7) is 5.89. The highest BCUT2D eigenvalue weighted by molar-refractivity contribution is 5.79. The van der Waals surface area contributed by atoms with Crippen LogP contribution in [0.5, 0.6) is 0 Å². The van der Waals surface area contributed by atoms with Crippen LogP contribution < -0.4 is 5.32 Å². The number of benzene rings is 1. The second-order valence-corrected chi connectivity index (χ2v) is 5.66. The number of hydrogen-bond donors (Lipinski definition) is 1. The summed E-state index contributed by atoms with van der Waals surface area (Å²) in [7, 11) is 2.00. The van der Waals surface area contributed by atoms with Crippen molar-refractivity contribution in [1.29, 1.82) is 0 Å². The fourth-order valence-electron chi connectivity index (χ4n) is 2.51. The number of rotatable bonds is 6. The Morgan fingerprint density at radius 3 is 2.78 bits per heavy atom. The third-order valence-corrected chi connectivity index (χ3v) is 3.78. The minimum atomic E-state index is -0.207. The normalized spacial score (nSPS) is 15.3. The van der Waals surface area contributed by atoms with Gasteiger partial charge in [-0.3, -0.25) is 4.99 Å². The Bertz CT molecular complexity index is 540. The maximum Gasteiger partial charge on any atom is 0.193 e. The number of nitrogens with one attached hydrogen (secondary N) is 1. The standard InChI is InChI=1S/C18H26FN3O/c1-3-20-18(21-11-8-15-9-12-23-13-10-15)22(2)14-16-4-6-17(19)7-5-16/h4-7,9H,3,8,10-14H2,1-2H3,(H,20,21). The molecule has 0 spiro atoms. The maximum absolute atomic E-state index is 13.0. The van der Waals surface area contributed by atoms with E-state index in [0.717, 1.165) is 50.7 Å². The predicted molar refractivity (Wildman–Crippen MR) is 92.0 cm³/mol. The average molecular weight is 319 g/mol. The first-order valence-corrected chi connectivity index (χ1v) is 8.18. The van der Waals surface area contributed by atoms with Crippen LogP contribution in [0.25, 0.3) is 0 Å². The van der Waals surface area contributed by atoms with E-state index in [1.54, 1.807) is 0 Å². The van der Waals surface area contributed by atoms with Crippen molar-refractivity contribution in [2.45, 2.75) is 26.3 Å².